The molecule has 0 aliphatic rings. The molecule has 28 heavy (non-hydrogen) atoms. The molecular weight excluding hydrogens is 383 g/mol. The summed E-state index contributed by atoms with van der Waals surface area (Å²) in [6.07, 6.45) is -0.978. The Labute approximate surface area is 166 Å². The van der Waals surface area contributed by atoms with E-state index in [1.165, 1.54) is 6.07 Å². The van der Waals surface area contributed by atoms with Crippen LogP contribution in [-0.2, 0) is 19.3 Å². The average molecular weight is 401 g/mol. The van der Waals surface area contributed by atoms with Crippen molar-refractivity contribution in [2.75, 3.05) is 5.32 Å². The maximum Gasteiger partial charge on any atom is 0.416 e. The summed E-state index contributed by atoms with van der Waals surface area (Å²) in [5.41, 5.74) is 1.57. The Kier molecular flexibility index (Phi) is 6.26. The van der Waals surface area contributed by atoms with Crippen LogP contribution in [0, 0.1) is 0 Å². The molecule has 3 nitrogen and oxygen atoms in total. The zero-order valence-electron chi connectivity index (χ0n) is 14.9. The van der Waals surface area contributed by atoms with Crippen LogP contribution in [0.5, 0.6) is 0 Å². The Morgan fingerprint density at radius 1 is 0.929 bits per heavy atom. The maximum absolute atomic E-state index is 13.0. The molecule has 0 saturated heterocycles. The molecule has 2 aromatic carbocycles. The van der Waals surface area contributed by atoms with Crippen molar-refractivity contribution in [2.24, 2.45) is 0 Å². The second-order valence-corrected chi connectivity index (χ2v) is 6.60. The van der Waals surface area contributed by atoms with E-state index in [-0.39, 0.29) is 0 Å². The molecule has 1 aromatic heterocycles. The minimum absolute atomic E-state index is 0.295. The number of halogens is 3. The van der Waals surface area contributed by atoms with E-state index >= 15 is 0 Å². The molecule has 3 aromatic rings. The van der Waals surface area contributed by atoms with Gasteiger partial charge in [0.25, 0.3) is 0 Å². The second-order valence-electron chi connectivity index (χ2n) is 6.21. The van der Waals surface area contributed by atoms with Gasteiger partial charge in [-0.1, -0.05) is 42.5 Å². The number of hydrogen-bond donors (Lipinski definition) is 1. The van der Waals surface area contributed by atoms with Crippen LogP contribution in [0.4, 0.5) is 18.9 Å². The molecule has 0 unspecified atom stereocenters. The highest BCUT2D eigenvalue weighted by Gasteiger charge is 2.30. The van der Waals surface area contributed by atoms with Crippen molar-refractivity contribution in [2.45, 2.75) is 19.3 Å². The van der Waals surface area contributed by atoms with Gasteiger partial charge in [-0.2, -0.15) is 13.2 Å². The van der Waals surface area contributed by atoms with E-state index in [4.69, 9.17) is 12.2 Å². The molecule has 0 saturated carbocycles. The van der Waals surface area contributed by atoms with Crippen molar-refractivity contribution in [3.63, 3.8) is 0 Å². The van der Waals surface area contributed by atoms with E-state index in [0.29, 0.717) is 23.9 Å². The topological polar surface area (TPSA) is 28.2 Å². The van der Waals surface area contributed by atoms with Gasteiger partial charge in [-0.3, -0.25) is 4.98 Å². The van der Waals surface area contributed by atoms with Crippen molar-refractivity contribution in [1.29, 1.82) is 0 Å². The second kappa shape index (κ2) is 8.84. The summed E-state index contributed by atoms with van der Waals surface area (Å²) in [5, 5.41) is 3.27. The van der Waals surface area contributed by atoms with Crippen LogP contribution in [-0.4, -0.2) is 15.0 Å². The number of pyridine rings is 1. The van der Waals surface area contributed by atoms with Crippen LogP contribution in [0.3, 0.4) is 0 Å². The van der Waals surface area contributed by atoms with Crippen molar-refractivity contribution in [1.82, 2.24) is 9.88 Å². The molecule has 0 bridgehead atoms. The van der Waals surface area contributed by atoms with E-state index in [0.717, 1.165) is 23.3 Å². The summed E-state index contributed by atoms with van der Waals surface area (Å²) in [6.45, 7) is 0.994. The normalized spacial score (nSPS) is 11.1. The first-order valence-electron chi connectivity index (χ1n) is 8.58. The fourth-order valence-electron chi connectivity index (χ4n) is 2.69. The monoisotopic (exact) mass is 401 g/mol. The number of alkyl halides is 3. The third kappa shape index (κ3) is 5.53. The zero-order valence-corrected chi connectivity index (χ0v) is 15.7. The predicted molar refractivity (Wildman–Crippen MR) is 108 cm³/mol. The maximum atomic E-state index is 13.0. The molecule has 0 radical (unpaired) electrons. The first-order valence-corrected chi connectivity index (χ1v) is 8.98. The SMILES string of the molecule is FC(F)(F)c1cccc(NC(=S)N(Cc2ccccc2)Cc2cccnc2)c1. The van der Waals surface area contributed by atoms with Gasteiger partial charge in [-0.25, -0.2) is 0 Å². The molecular formula is C21H18F3N3S. The van der Waals surface area contributed by atoms with Crippen molar-refractivity contribution in [3.8, 4) is 0 Å². The summed E-state index contributed by atoms with van der Waals surface area (Å²) >= 11 is 5.51. The molecule has 144 valence electrons. The Morgan fingerprint density at radius 3 is 2.32 bits per heavy atom. The van der Waals surface area contributed by atoms with E-state index in [9.17, 15) is 13.2 Å². The number of anilines is 1. The fraction of sp³-hybridized carbons (Fsp3) is 0.143. The molecule has 0 spiro atoms. The fourth-order valence-corrected chi connectivity index (χ4v) is 2.94. The highest BCUT2D eigenvalue weighted by Crippen LogP contribution is 2.30. The lowest BCUT2D eigenvalue weighted by Crippen LogP contribution is -2.34. The van der Waals surface area contributed by atoms with E-state index < -0.39 is 11.7 Å². The van der Waals surface area contributed by atoms with Crippen LogP contribution in [0.1, 0.15) is 16.7 Å². The third-order valence-corrected chi connectivity index (χ3v) is 4.40. The van der Waals surface area contributed by atoms with Gasteiger partial charge in [0, 0.05) is 31.2 Å². The molecule has 0 aliphatic heterocycles. The Hall–Kier alpha value is -2.93. The summed E-state index contributed by atoms with van der Waals surface area (Å²) < 4.78 is 38.9. The van der Waals surface area contributed by atoms with Crippen LogP contribution < -0.4 is 5.32 Å². The van der Waals surface area contributed by atoms with E-state index in [2.05, 4.69) is 10.3 Å². The van der Waals surface area contributed by atoms with Crippen molar-refractivity contribution >= 4 is 23.0 Å². The van der Waals surface area contributed by atoms with Gasteiger partial charge in [-0.15, -0.1) is 0 Å². The lowest BCUT2D eigenvalue weighted by Gasteiger charge is -2.26. The van der Waals surface area contributed by atoms with Crippen LogP contribution in [0.15, 0.2) is 79.1 Å². The molecule has 7 heteroatoms. The lowest BCUT2D eigenvalue weighted by molar-refractivity contribution is -0.137. The quantitative estimate of drug-likeness (QED) is 0.572. The lowest BCUT2D eigenvalue weighted by atomic mass is 10.2. The number of benzene rings is 2. The average Bonchev–Trinajstić information content (AvgIpc) is 2.69. The molecule has 0 aliphatic carbocycles. The van der Waals surface area contributed by atoms with E-state index in [1.54, 1.807) is 18.5 Å². The Balaban J connectivity index is 1.80. The zero-order chi connectivity index (χ0) is 20.0. The first-order chi connectivity index (χ1) is 13.4. The summed E-state index contributed by atoms with van der Waals surface area (Å²) in [5.74, 6) is 0. The summed E-state index contributed by atoms with van der Waals surface area (Å²) in [4.78, 5) is 6.00. The number of hydrogen-bond acceptors (Lipinski definition) is 2. The molecule has 1 N–H and O–H groups in total. The van der Waals surface area contributed by atoms with Gasteiger partial charge < -0.3 is 10.2 Å². The van der Waals surface area contributed by atoms with Gasteiger partial charge in [0.05, 0.1) is 5.56 Å². The number of thiocarbonyl (C=S) groups is 1. The van der Waals surface area contributed by atoms with Gasteiger partial charge in [0.15, 0.2) is 5.11 Å². The van der Waals surface area contributed by atoms with Gasteiger partial charge in [0.1, 0.15) is 0 Å². The van der Waals surface area contributed by atoms with Gasteiger partial charge in [0.2, 0.25) is 0 Å². The molecule has 0 amide bonds. The smallest absolute Gasteiger partial charge is 0.340 e. The van der Waals surface area contributed by atoms with Crippen molar-refractivity contribution in [3.05, 3.63) is 95.8 Å². The Morgan fingerprint density at radius 2 is 1.64 bits per heavy atom. The van der Waals surface area contributed by atoms with Crippen LogP contribution in [0.25, 0.3) is 0 Å². The standard InChI is InChI=1S/C21H18F3N3S/c22-21(23,24)18-9-4-10-19(12-18)26-20(28)27(14-16-6-2-1-3-7-16)15-17-8-5-11-25-13-17/h1-13H,14-15H2,(H,26,28). The number of aromatic nitrogens is 1. The van der Waals surface area contributed by atoms with Crippen molar-refractivity contribution < 1.29 is 13.2 Å². The minimum atomic E-state index is -4.40. The minimum Gasteiger partial charge on any atom is -0.340 e. The summed E-state index contributed by atoms with van der Waals surface area (Å²) in [7, 11) is 0. The number of nitrogens with zero attached hydrogens (tertiary/aromatic N) is 2. The van der Waals surface area contributed by atoms with Gasteiger partial charge in [-0.05, 0) is 47.6 Å². The molecule has 3 rings (SSSR count). The predicted octanol–water partition coefficient (Wildman–Crippen LogP) is 5.50. The number of rotatable bonds is 5. The highest BCUT2D eigenvalue weighted by atomic mass is 32.1. The molecule has 1 heterocycles. The highest BCUT2D eigenvalue weighted by molar-refractivity contribution is 7.80. The van der Waals surface area contributed by atoms with Gasteiger partial charge >= 0.3 is 6.18 Å². The number of nitrogens with one attached hydrogen (secondary N) is 1. The summed E-state index contributed by atoms with van der Waals surface area (Å²) in [6, 6.07) is 18.5. The van der Waals surface area contributed by atoms with Crippen LogP contribution in [0.2, 0.25) is 0 Å². The largest absolute Gasteiger partial charge is 0.416 e. The van der Waals surface area contributed by atoms with Crippen LogP contribution >= 0.6 is 12.2 Å². The van der Waals surface area contributed by atoms with E-state index in [1.807, 2.05) is 47.4 Å². The molecule has 0 fully saturated rings. The first kappa shape index (κ1) is 19.8. The third-order valence-electron chi connectivity index (χ3n) is 4.04. The molecule has 0 atom stereocenters. The Bertz CT molecular complexity index is 873.